The second kappa shape index (κ2) is 6.62. The molecule has 1 fully saturated rings. The Hall–Kier alpha value is -1.88. The van der Waals surface area contributed by atoms with Gasteiger partial charge >= 0.3 is 0 Å². The van der Waals surface area contributed by atoms with E-state index in [1.54, 1.807) is 30.5 Å². The fraction of sp³-hybridized carbons (Fsp3) is 0.286. The van der Waals surface area contributed by atoms with Crippen molar-refractivity contribution in [2.75, 3.05) is 13.1 Å². The predicted octanol–water partition coefficient (Wildman–Crippen LogP) is 5.43. The average molecular weight is 403 g/mol. The highest BCUT2D eigenvalue weighted by Gasteiger charge is 2.41. The SMILES string of the molecule is Fc1ccc(OC2c3cc(Cl)cc(Cl)c3CC2N2CCC2)c2ncccc12. The van der Waals surface area contributed by atoms with E-state index in [9.17, 15) is 4.39 Å². The van der Waals surface area contributed by atoms with Gasteiger partial charge in [-0.2, -0.15) is 0 Å². The Labute approximate surface area is 166 Å². The maximum Gasteiger partial charge on any atom is 0.146 e. The highest BCUT2D eigenvalue weighted by atomic mass is 35.5. The van der Waals surface area contributed by atoms with E-state index in [-0.39, 0.29) is 18.0 Å². The average Bonchev–Trinajstić information content (AvgIpc) is 2.95. The van der Waals surface area contributed by atoms with E-state index in [1.807, 2.05) is 6.07 Å². The Balaban J connectivity index is 1.60. The molecule has 1 aromatic heterocycles. The number of likely N-dealkylation sites (tertiary alicyclic amines) is 1. The van der Waals surface area contributed by atoms with Gasteiger partial charge in [-0.1, -0.05) is 23.2 Å². The first kappa shape index (κ1) is 17.2. The van der Waals surface area contributed by atoms with Crippen LogP contribution in [-0.2, 0) is 6.42 Å². The molecule has 0 spiro atoms. The van der Waals surface area contributed by atoms with Gasteiger partial charge in [-0.15, -0.1) is 0 Å². The number of aromatic nitrogens is 1. The zero-order valence-electron chi connectivity index (χ0n) is 14.5. The molecule has 27 heavy (non-hydrogen) atoms. The third-order valence-electron chi connectivity index (χ3n) is 5.56. The lowest BCUT2D eigenvalue weighted by molar-refractivity contribution is 0.0392. The second-order valence-electron chi connectivity index (χ2n) is 7.10. The molecule has 3 nitrogen and oxygen atoms in total. The van der Waals surface area contributed by atoms with Crippen molar-refractivity contribution in [1.82, 2.24) is 9.88 Å². The zero-order valence-corrected chi connectivity index (χ0v) is 16.0. The van der Waals surface area contributed by atoms with Crippen LogP contribution in [-0.4, -0.2) is 29.0 Å². The maximum absolute atomic E-state index is 14.2. The van der Waals surface area contributed by atoms with Crippen molar-refractivity contribution >= 4 is 34.1 Å². The summed E-state index contributed by atoms with van der Waals surface area (Å²) in [6, 6.07) is 10.4. The van der Waals surface area contributed by atoms with Crippen LogP contribution in [0.2, 0.25) is 10.0 Å². The monoisotopic (exact) mass is 402 g/mol. The predicted molar refractivity (Wildman–Crippen MR) is 105 cm³/mol. The molecule has 0 radical (unpaired) electrons. The minimum atomic E-state index is -0.303. The van der Waals surface area contributed by atoms with Gasteiger partial charge in [-0.3, -0.25) is 9.88 Å². The molecule has 2 aliphatic rings. The van der Waals surface area contributed by atoms with Gasteiger partial charge in [0, 0.05) is 27.2 Å². The summed E-state index contributed by atoms with van der Waals surface area (Å²) in [5.74, 6) is 0.272. The first-order valence-electron chi connectivity index (χ1n) is 9.03. The van der Waals surface area contributed by atoms with Crippen LogP contribution in [0.5, 0.6) is 5.75 Å². The Morgan fingerprint density at radius 1 is 1.15 bits per heavy atom. The Kier molecular flexibility index (Phi) is 4.23. The van der Waals surface area contributed by atoms with E-state index < -0.39 is 0 Å². The molecular formula is C21H17Cl2FN2O. The van der Waals surface area contributed by atoms with Crippen LogP contribution >= 0.6 is 23.2 Å². The Morgan fingerprint density at radius 2 is 2.00 bits per heavy atom. The molecule has 1 saturated heterocycles. The van der Waals surface area contributed by atoms with Crippen molar-refractivity contribution in [1.29, 1.82) is 0 Å². The highest BCUT2D eigenvalue weighted by molar-refractivity contribution is 6.35. The van der Waals surface area contributed by atoms with Crippen molar-refractivity contribution in [3.63, 3.8) is 0 Å². The van der Waals surface area contributed by atoms with Gasteiger partial charge in [0.25, 0.3) is 0 Å². The number of benzene rings is 2. The molecule has 0 bridgehead atoms. The van der Waals surface area contributed by atoms with E-state index >= 15 is 0 Å². The highest BCUT2D eigenvalue weighted by Crippen LogP contribution is 2.44. The molecule has 2 atom stereocenters. The fourth-order valence-electron chi connectivity index (χ4n) is 4.09. The van der Waals surface area contributed by atoms with Gasteiger partial charge in [-0.25, -0.2) is 4.39 Å². The fourth-order valence-corrected chi connectivity index (χ4v) is 4.68. The summed E-state index contributed by atoms with van der Waals surface area (Å²) in [4.78, 5) is 6.76. The lowest BCUT2D eigenvalue weighted by Crippen LogP contribution is -2.48. The number of fused-ring (bicyclic) bond motifs is 2. The van der Waals surface area contributed by atoms with E-state index in [0.29, 0.717) is 26.7 Å². The summed E-state index contributed by atoms with van der Waals surface area (Å²) in [5.41, 5.74) is 2.63. The van der Waals surface area contributed by atoms with Crippen molar-refractivity contribution in [2.24, 2.45) is 0 Å². The quantitative estimate of drug-likeness (QED) is 0.583. The smallest absolute Gasteiger partial charge is 0.146 e. The van der Waals surface area contributed by atoms with E-state index in [4.69, 9.17) is 27.9 Å². The first-order valence-corrected chi connectivity index (χ1v) is 9.79. The molecule has 0 saturated carbocycles. The van der Waals surface area contributed by atoms with E-state index in [1.165, 1.54) is 12.5 Å². The number of halogens is 3. The van der Waals surface area contributed by atoms with E-state index in [2.05, 4.69) is 9.88 Å². The van der Waals surface area contributed by atoms with Gasteiger partial charge in [-0.05, 0) is 67.9 Å². The number of ether oxygens (including phenoxy) is 1. The van der Waals surface area contributed by atoms with Crippen LogP contribution < -0.4 is 4.74 Å². The molecule has 2 unspecified atom stereocenters. The molecule has 0 N–H and O–H groups in total. The summed E-state index contributed by atoms with van der Waals surface area (Å²) in [5, 5.41) is 1.73. The van der Waals surface area contributed by atoms with Crippen LogP contribution in [0.3, 0.4) is 0 Å². The second-order valence-corrected chi connectivity index (χ2v) is 7.94. The summed E-state index contributed by atoms with van der Waals surface area (Å²) in [6.45, 7) is 2.10. The van der Waals surface area contributed by atoms with Crippen LogP contribution in [0, 0.1) is 5.82 Å². The molecule has 1 aliphatic carbocycles. The molecule has 0 amide bonds. The minimum absolute atomic E-state index is 0.188. The van der Waals surface area contributed by atoms with Crippen LogP contribution in [0.25, 0.3) is 10.9 Å². The molecule has 2 aromatic carbocycles. The molecular weight excluding hydrogens is 386 g/mol. The number of hydrogen-bond acceptors (Lipinski definition) is 3. The molecule has 138 valence electrons. The van der Waals surface area contributed by atoms with Crippen molar-refractivity contribution in [3.8, 4) is 5.75 Å². The summed E-state index contributed by atoms with van der Waals surface area (Å²) in [6.07, 6.45) is 3.45. The van der Waals surface area contributed by atoms with E-state index in [0.717, 1.165) is 30.6 Å². The van der Waals surface area contributed by atoms with Crippen molar-refractivity contribution < 1.29 is 9.13 Å². The van der Waals surface area contributed by atoms with Crippen molar-refractivity contribution in [3.05, 3.63) is 69.6 Å². The lowest BCUT2D eigenvalue weighted by atomic mass is 10.0. The third kappa shape index (κ3) is 2.87. The van der Waals surface area contributed by atoms with Crippen LogP contribution in [0.1, 0.15) is 23.7 Å². The maximum atomic E-state index is 14.2. The number of rotatable bonds is 3. The van der Waals surface area contributed by atoms with Gasteiger partial charge in [0.15, 0.2) is 0 Å². The van der Waals surface area contributed by atoms with Gasteiger partial charge in [0.1, 0.15) is 23.2 Å². The minimum Gasteiger partial charge on any atom is -0.482 e. The molecule has 3 aromatic rings. The first-order chi connectivity index (χ1) is 13.1. The topological polar surface area (TPSA) is 25.4 Å². The number of pyridine rings is 1. The zero-order chi connectivity index (χ0) is 18.5. The third-order valence-corrected chi connectivity index (χ3v) is 6.11. The van der Waals surface area contributed by atoms with Crippen molar-refractivity contribution in [2.45, 2.75) is 25.0 Å². The summed E-state index contributed by atoms with van der Waals surface area (Å²) >= 11 is 12.7. The van der Waals surface area contributed by atoms with Crippen LogP contribution in [0.4, 0.5) is 4.39 Å². The molecule has 2 heterocycles. The molecule has 6 heteroatoms. The summed E-state index contributed by atoms with van der Waals surface area (Å²) in [7, 11) is 0. The summed E-state index contributed by atoms with van der Waals surface area (Å²) < 4.78 is 20.6. The number of hydrogen-bond donors (Lipinski definition) is 0. The lowest BCUT2D eigenvalue weighted by Gasteiger charge is -2.39. The molecule has 5 rings (SSSR count). The Bertz CT molecular complexity index is 1040. The standard InChI is InChI=1S/C21H17Cl2FN2O/c22-12-9-15-14(16(23)10-12)11-18(26-7-2-8-26)21(15)27-19-5-4-17(24)13-3-1-6-25-20(13)19/h1,3-6,9-10,18,21H,2,7-8,11H2. The Morgan fingerprint density at radius 3 is 2.78 bits per heavy atom. The van der Waals surface area contributed by atoms with Gasteiger partial charge in [0.05, 0.1) is 6.04 Å². The van der Waals surface area contributed by atoms with Gasteiger partial charge < -0.3 is 4.74 Å². The van der Waals surface area contributed by atoms with Crippen LogP contribution in [0.15, 0.2) is 42.6 Å². The number of nitrogens with zero attached hydrogens (tertiary/aromatic N) is 2. The normalized spacial score (nSPS) is 21.9. The van der Waals surface area contributed by atoms with Gasteiger partial charge in [0.2, 0.25) is 0 Å². The molecule has 1 aliphatic heterocycles. The largest absolute Gasteiger partial charge is 0.482 e.